The van der Waals surface area contributed by atoms with E-state index in [0.29, 0.717) is 17.5 Å². The molecule has 0 bridgehead atoms. The third kappa shape index (κ3) is 3.94. The van der Waals surface area contributed by atoms with E-state index in [1.807, 2.05) is 19.1 Å². The quantitative estimate of drug-likeness (QED) is 0.740. The first kappa shape index (κ1) is 11.3. The summed E-state index contributed by atoms with van der Waals surface area (Å²) in [6, 6.07) is 5.36. The predicted molar refractivity (Wildman–Crippen MR) is 58.7 cm³/mol. The van der Waals surface area contributed by atoms with Gasteiger partial charge in [-0.25, -0.2) is 4.98 Å². The van der Waals surface area contributed by atoms with Crippen molar-refractivity contribution in [2.24, 2.45) is 0 Å². The molecule has 1 unspecified atom stereocenters. The molecule has 0 amide bonds. The Hall–Kier alpha value is -0.800. The molecular weight excluding hydrogens is 200 g/mol. The molecule has 1 aromatic rings. The zero-order valence-electron chi connectivity index (χ0n) is 8.20. The fourth-order valence-corrected chi connectivity index (χ4v) is 1.33. The van der Waals surface area contributed by atoms with Crippen LogP contribution in [0.1, 0.15) is 19.8 Å². The van der Waals surface area contributed by atoms with Gasteiger partial charge in [-0.1, -0.05) is 31.0 Å². The van der Waals surface area contributed by atoms with E-state index < -0.39 is 0 Å². The highest BCUT2D eigenvalue weighted by atomic mass is 35.5. The van der Waals surface area contributed by atoms with Crippen molar-refractivity contribution in [3.05, 3.63) is 23.4 Å². The molecule has 0 aliphatic carbocycles. The van der Waals surface area contributed by atoms with Crippen molar-refractivity contribution in [2.75, 3.05) is 11.9 Å². The van der Waals surface area contributed by atoms with E-state index in [9.17, 15) is 5.11 Å². The smallest absolute Gasteiger partial charge is 0.131 e. The molecule has 1 aromatic heterocycles. The van der Waals surface area contributed by atoms with Gasteiger partial charge in [-0.2, -0.15) is 0 Å². The Kier molecular flexibility index (Phi) is 4.70. The summed E-state index contributed by atoms with van der Waals surface area (Å²) in [5.41, 5.74) is 0. The van der Waals surface area contributed by atoms with Crippen molar-refractivity contribution >= 4 is 17.4 Å². The Morgan fingerprint density at radius 3 is 3.00 bits per heavy atom. The molecule has 0 radical (unpaired) electrons. The maximum Gasteiger partial charge on any atom is 0.131 e. The van der Waals surface area contributed by atoms with Crippen molar-refractivity contribution in [3.63, 3.8) is 0 Å². The van der Waals surface area contributed by atoms with Crippen LogP contribution >= 0.6 is 11.6 Å². The molecule has 0 aliphatic heterocycles. The van der Waals surface area contributed by atoms with Crippen molar-refractivity contribution < 1.29 is 5.11 Å². The number of pyridine rings is 1. The van der Waals surface area contributed by atoms with Gasteiger partial charge in [-0.3, -0.25) is 0 Å². The van der Waals surface area contributed by atoms with Crippen LogP contribution in [-0.4, -0.2) is 22.7 Å². The topological polar surface area (TPSA) is 45.1 Å². The minimum absolute atomic E-state index is 0.319. The lowest BCUT2D eigenvalue weighted by atomic mass is 10.2. The second kappa shape index (κ2) is 5.83. The van der Waals surface area contributed by atoms with Gasteiger partial charge in [0.05, 0.1) is 6.10 Å². The molecule has 4 heteroatoms. The van der Waals surface area contributed by atoms with Gasteiger partial charge in [0.25, 0.3) is 0 Å². The van der Waals surface area contributed by atoms with Crippen molar-refractivity contribution in [1.82, 2.24) is 4.98 Å². The highest BCUT2D eigenvalue weighted by molar-refractivity contribution is 6.29. The Morgan fingerprint density at radius 1 is 1.57 bits per heavy atom. The van der Waals surface area contributed by atoms with Crippen LogP contribution < -0.4 is 5.32 Å². The molecular formula is C10H15ClN2O. The lowest BCUT2D eigenvalue weighted by Gasteiger charge is -2.10. The van der Waals surface area contributed by atoms with E-state index in [1.165, 1.54) is 0 Å². The molecule has 1 rings (SSSR count). The van der Waals surface area contributed by atoms with Gasteiger partial charge in [0.15, 0.2) is 0 Å². The molecule has 0 aromatic carbocycles. The fourth-order valence-electron chi connectivity index (χ4n) is 1.16. The van der Waals surface area contributed by atoms with Crippen LogP contribution in [0.3, 0.4) is 0 Å². The second-order valence-corrected chi connectivity index (χ2v) is 3.56. The first-order valence-corrected chi connectivity index (χ1v) is 5.14. The van der Waals surface area contributed by atoms with E-state index in [-0.39, 0.29) is 6.10 Å². The number of anilines is 1. The van der Waals surface area contributed by atoms with Gasteiger partial charge in [0, 0.05) is 6.54 Å². The summed E-state index contributed by atoms with van der Waals surface area (Å²) >= 11 is 5.71. The first-order valence-electron chi connectivity index (χ1n) is 4.77. The van der Waals surface area contributed by atoms with Crippen molar-refractivity contribution in [1.29, 1.82) is 0 Å². The SMILES string of the molecule is CCCC(O)CNc1cccc(Cl)n1. The standard InChI is InChI=1S/C10H15ClN2O/c1-2-4-8(14)7-12-10-6-3-5-9(11)13-10/h3,5-6,8,14H,2,4,7H2,1H3,(H,12,13). The number of aliphatic hydroxyl groups is 1. The monoisotopic (exact) mass is 214 g/mol. The predicted octanol–water partition coefficient (Wildman–Crippen LogP) is 2.31. The lowest BCUT2D eigenvalue weighted by Crippen LogP contribution is -2.19. The number of halogens is 1. The largest absolute Gasteiger partial charge is 0.391 e. The van der Waals surface area contributed by atoms with Gasteiger partial charge in [-0.15, -0.1) is 0 Å². The molecule has 14 heavy (non-hydrogen) atoms. The zero-order chi connectivity index (χ0) is 10.4. The highest BCUT2D eigenvalue weighted by Gasteiger charge is 2.02. The summed E-state index contributed by atoms with van der Waals surface area (Å²) in [6.45, 7) is 2.56. The highest BCUT2D eigenvalue weighted by Crippen LogP contribution is 2.09. The summed E-state index contributed by atoms with van der Waals surface area (Å²) in [6.07, 6.45) is 1.46. The van der Waals surface area contributed by atoms with Crippen LogP contribution in [-0.2, 0) is 0 Å². The molecule has 1 atom stereocenters. The van der Waals surface area contributed by atoms with Gasteiger partial charge in [0.1, 0.15) is 11.0 Å². The van der Waals surface area contributed by atoms with E-state index in [1.54, 1.807) is 6.07 Å². The number of rotatable bonds is 5. The first-order chi connectivity index (χ1) is 6.72. The number of aromatic nitrogens is 1. The number of nitrogens with zero attached hydrogens (tertiary/aromatic N) is 1. The van der Waals surface area contributed by atoms with Gasteiger partial charge in [-0.05, 0) is 18.6 Å². The van der Waals surface area contributed by atoms with Crippen LogP contribution in [0.5, 0.6) is 0 Å². The number of nitrogens with one attached hydrogen (secondary N) is 1. The maximum atomic E-state index is 9.46. The van der Waals surface area contributed by atoms with Crippen LogP contribution in [0.15, 0.2) is 18.2 Å². The third-order valence-electron chi connectivity index (χ3n) is 1.86. The van der Waals surface area contributed by atoms with E-state index in [0.717, 1.165) is 12.8 Å². The summed E-state index contributed by atoms with van der Waals surface area (Å²) in [7, 11) is 0. The minimum atomic E-state index is -0.319. The van der Waals surface area contributed by atoms with Crippen molar-refractivity contribution in [2.45, 2.75) is 25.9 Å². The van der Waals surface area contributed by atoms with E-state index >= 15 is 0 Å². The van der Waals surface area contributed by atoms with Gasteiger partial charge in [0.2, 0.25) is 0 Å². The van der Waals surface area contributed by atoms with Crippen LogP contribution in [0, 0.1) is 0 Å². The second-order valence-electron chi connectivity index (χ2n) is 3.17. The van der Waals surface area contributed by atoms with Crippen molar-refractivity contribution in [3.8, 4) is 0 Å². The number of hydrogen-bond donors (Lipinski definition) is 2. The Morgan fingerprint density at radius 2 is 2.36 bits per heavy atom. The zero-order valence-corrected chi connectivity index (χ0v) is 8.96. The Balaban J connectivity index is 2.37. The lowest BCUT2D eigenvalue weighted by molar-refractivity contribution is 0.176. The van der Waals surface area contributed by atoms with Crippen LogP contribution in [0.2, 0.25) is 5.15 Å². The molecule has 0 fully saturated rings. The molecule has 0 aliphatic rings. The average Bonchev–Trinajstić information content (AvgIpc) is 2.15. The summed E-state index contributed by atoms with van der Waals surface area (Å²) in [4.78, 5) is 4.05. The summed E-state index contributed by atoms with van der Waals surface area (Å²) < 4.78 is 0. The molecule has 3 nitrogen and oxygen atoms in total. The molecule has 2 N–H and O–H groups in total. The van der Waals surface area contributed by atoms with E-state index in [4.69, 9.17) is 11.6 Å². The van der Waals surface area contributed by atoms with Gasteiger partial charge < -0.3 is 10.4 Å². The summed E-state index contributed by atoms with van der Waals surface area (Å²) in [5.74, 6) is 0.702. The average molecular weight is 215 g/mol. The molecule has 0 spiro atoms. The molecule has 0 saturated heterocycles. The van der Waals surface area contributed by atoms with E-state index in [2.05, 4.69) is 10.3 Å². The normalized spacial score (nSPS) is 12.5. The van der Waals surface area contributed by atoms with Crippen LogP contribution in [0.25, 0.3) is 0 Å². The Labute approximate surface area is 89.1 Å². The molecule has 0 saturated carbocycles. The number of aliphatic hydroxyl groups excluding tert-OH is 1. The minimum Gasteiger partial charge on any atom is -0.391 e. The molecule has 78 valence electrons. The Bertz CT molecular complexity index is 281. The third-order valence-corrected chi connectivity index (χ3v) is 2.07. The van der Waals surface area contributed by atoms with Crippen LogP contribution in [0.4, 0.5) is 5.82 Å². The molecule has 1 heterocycles. The van der Waals surface area contributed by atoms with Gasteiger partial charge >= 0.3 is 0 Å². The maximum absolute atomic E-state index is 9.46. The summed E-state index contributed by atoms with van der Waals surface area (Å²) in [5, 5.41) is 12.9. The fraction of sp³-hybridized carbons (Fsp3) is 0.500. The number of hydrogen-bond acceptors (Lipinski definition) is 3.